The van der Waals surface area contributed by atoms with E-state index in [1.807, 2.05) is 11.8 Å². The summed E-state index contributed by atoms with van der Waals surface area (Å²) in [4.78, 5) is 17.4. The summed E-state index contributed by atoms with van der Waals surface area (Å²) in [6.45, 7) is 6.42. The highest BCUT2D eigenvalue weighted by atomic mass is 32.2. The predicted molar refractivity (Wildman–Crippen MR) is 79.5 cm³/mol. The van der Waals surface area contributed by atoms with Crippen LogP contribution in [0.4, 0.5) is 0 Å². The molecule has 0 bridgehead atoms. The lowest BCUT2D eigenvalue weighted by Crippen LogP contribution is -2.63. The van der Waals surface area contributed by atoms with Gasteiger partial charge in [-0.25, -0.2) is 0 Å². The molecule has 0 spiro atoms. The van der Waals surface area contributed by atoms with Gasteiger partial charge in [-0.15, -0.1) is 0 Å². The van der Waals surface area contributed by atoms with Crippen molar-refractivity contribution in [1.82, 2.24) is 15.1 Å². The molecule has 1 N–H and O–H groups in total. The van der Waals surface area contributed by atoms with Crippen LogP contribution in [0.25, 0.3) is 0 Å². The third kappa shape index (κ3) is 2.93. The molecule has 0 aromatic carbocycles. The minimum Gasteiger partial charge on any atom is -0.336 e. The summed E-state index contributed by atoms with van der Waals surface area (Å²) in [7, 11) is 0. The Morgan fingerprint density at radius 3 is 3.00 bits per heavy atom. The fourth-order valence-corrected chi connectivity index (χ4v) is 4.51. The monoisotopic (exact) mass is 283 g/mol. The molecule has 3 rings (SSSR count). The Labute approximate surface area is 120 Å². The van der Waals surface area contributed by atoms with Gasteiger partial charge in [0.25, 0.3) is 0 Å². The fraction of sp³-hybridized carbons (Fsp3) is 0.929. The molecule has 1 amide bonds. The van der Waals surface area contributed by atoms with E-state index in [0.29, 0.717) is 18.0 Å². The molecule has 0 aromatic rings. The molecule has 3 fully saturated rings. The quantitative estimate of drug-likeness (QED) is 0.771. The van der Waals surface area contributed by atoms with E-state index in [0.717, 1.165) is 31.1 Å². The second-order valence-electron chi connectivity index (χ2n) is 6.07. The van der Waals surface area contributed by atoms with Gasteiger partial charge in [-0.3, -0.25) is 9.69 Å². The first kappa shape index (κ1) is 13.7. The van der Waals surface area contributed by atoms with Crippen LogP contribution in [0.2, 0.25) is 0 Å². The summed E-state index contributed by atoms with van der Waals surface area (Å²) in [6, 6.07) is 1.04. The zero-order chi connectivity index (χ0) is 13.2. The smallest absolute Gasteiger partial charge is 0.240 e. The van der Waals surface area contributed by atoms with Gasteiger partial charge in [0, 0.05) is 43.2 Å². The van der Waals surface area contributed by atoms with E-state index < -0.39 is 0 Å². The third-order valence-corrected chi connectivity index (χ3v) is 5.75. The Morgan fingerprint density at radius 2 is 2.21 bits per heavy atom. The Hall–Kier alpha value is -0.260. The Balaban J connectivity index is 1.64. The highest BCUT2D eigenvalue weighted by molar-refractivity contribution is 7.99. The summed E-state index contributed by atoms with van der Waals surface area (Å²) >= 11 is 1.90. The zero-order valence-corrected chi connectivity index (χ0v) is 12.6. The Bertz CT molecular complexity index is 333. The number of hydrogen-bond donors (Lipinski definition) is 1. The molecule has 0 aliphatic carbocycles. The summed E-state index contributed by atoms with van der Waals surface area (Å²) < 4.78 is 0. The van der Waals surface area contributed by atoms with E-state index in [1.165, 1.54) is 25.8 Å². The van der Waals surface area contributed by atoms with Gasteiger partial charge in [-0.2, -0.15) is 11.8 Å². The molecular weight excluding hydrogens is 258 g/mol. The topological polar surface area (TPSA) is 35.6 Å². The zero-order valence-electron chi connectivity index (χ0n) is 11.8. The Morgan fingerprint density at radius 1 is 1.32 bits per heavy atom. The van der Waals surface area contributed by atoms with Gasteiger partial charge in [-0.05, 0) is 26.3 Å². The second kappa shape index (κ2) is 6.02. The summed E-state index contributed by atoms with van der Waals surface area (Å²) in [5.74, 6) is 2.41. The van der Waals surface area contributed by atoms with Crippen LogP contribution < -0.4 is 5.32 Å². The average molecular weight is 283 g/mol. The normalized spacial score (nSPS) is 36.9. The molecule has 4 nitrogen and oxygen atoms in total. The van der Waals surface area contributed by atoms with Crippen molar-refractivity contribution in [3.8, 4) is 0 Å². The summed E-state index contributed by atoms with van der Waals surface area (Å²) in [5, 5.41) is 3.38. The van der Waals surface area contributed by atoms with Crippen LogP contribution >= 0.6 is 11.8 Å². The van der Waals surface area contributed by atoms with E-state index in [4.69, 9.17) is 0 Å². The molecule has 3 saturated heterocycles. The highest BCUT2D eigenvalue weighted by Gasteiger charge is 2.37. The molecule has 19 heavy (non-hydrogen) atoms. The lowest BCUT2D eigenvalue weighted by atomic mass is 9.96. The van der Waals surface area contributed by atoms with Crippen LogP contribution in [0, 0.1) is 0 Å². The van der Waals surface area contributed by atoms with E-state index in [-0.39, 0.29) is 6.04 Å². The van der Waals surface area contributed by atoms with Crippen LogP contribution in [0.1, 0.15) is 26.2 Å². The molecule has 0 saturated carbocycles. The van der Waals surface area contributed by atoms with Crippen molar-refractivity contribution in [2.75, 3.05) is 37.7 Å². The number of carbonyl (C=O) groups excluding carboxylic acids is 1. The number of nitrogens with zero attached hydrogens (tertiary/aromatic N) is 2. The van der Waals surface area contributed by atoms with Gasteiger partial charge in [0.2, 0.25) is 5.91 Å². The molecule has 3 unspecified atom stereocenters. The highest BCUT2D eigenvalue weighted by Crippen LogP contribution is 2.25. The first-order chi connectivity index (χ1) is 9.25. The minimum atomic E-state index is 0.0522. The molecular formula is C14H25N3OS. The number of piperidine rings is 1. The number of nitrogens with one attached hydrogen (secondary N) is 1. The number of piperazine rings is 1. The number of amides is 1. The van der Waals surface area contributed by atoms with Crippen LogP contribution in [-0.4, -0.2) is 71.5 Å². The number of fused-ring (bicyclic) bond motifs is 1. The van der Waals surface area contributed by atoms with Crippen molar-refractivity contribution >= 4 is 17.7 Å². The fourth-order valence-electron chi connectivity index (χ4n) is 3.58. The van der Waals surface area contributed by atoms with Crippen molar-refractivity contribution < 1.29 is 4.79 Å². The van der Waals surface area contributed by atoms with Gasteiger partial charge in [0.15, 0.2) is 0 Å². The van der Waals surface area contributed by atoms with E-state index in [1.54, 1.807) is 0 Å². The lowest BCUT2D eigenvalue weighted by Gasteiger charge is -2.48. The van der Waals surface area contributed by atoms with E-state index in [9.17, 15) is 4.79 Å². The maximum atomic E-state index is 12.7. The van der Waals surface area contributed by atoms with Crippen LogP contribution in [-0.2, 0) is 4.79 Å². The summed E-state index contributed by atoms with van der Waals surface area (Å²) in [5.41, 5.74) is 0. The van der Waals surface area contributed by atoms with Gasteiger partial charge in [-0.1, -0.05) is 6.42 Å². The van der Waals surface area contributed by atoms with E-state index in [2.05, 4.69) is 22.0 Å². The number of carbonyl (C=O) groups is 1. The molecule has 108 valence electrons. The van der Waals surface area contributed by atoms with Crippen LogP contribution in [0.5, 0.6) is 0 Å². The number of thioether (sulfide) groups is 1. The van der Waals surface area contributed by atoms with Crippen molar-refractivity contribution in [2.45, 2.75) is 44.3 Å². The average Bonchev–Trinajstić information content (AvgIpc) is 2.47. The van der Waals surface area contributed by atoms with E-state index >= 15 is 0 Å². The molecule has 3 heterocycles. The number of hydrogen-bond acceptors (Lipinski definition) is 4. The minimum absolute atomic E-state index is 0.0522. The summed E-state index contributed by atoms with van der Waals surface area (Å²) in [6.07, 6.45) is 3.93. The Kier molecular flexibility index (Phi) is 4.34. The third-order valence-electron chi connectivity index (χ3n) is 4.69. The molecule has 3 atom stereocenters. The van der Waals surface area contributed by atoms with Gasteiger partial charge < -0.3 is 10.2 Å². The van der Waals surface area contributed by atoms with Crippen LogP contribution in [0.3, 0.4) is 0 Å². The van der Waals surface area contributed by atoms with Crippen LogP contribution in [0.15, 0.2) is 0 Å². The van der Waals surface area contributed by atoms with Gasteiger partial charge >= 0.3 is 0 Å². The predicted octanol–water partition coefficient (Wildman–Crippen LogP) is 0.777. The second-order valence-corrected chi connectivity index (χ2v) is 7.22. The molecule has 0 aromatic heterocycles. The molecule has 5 heteroatoms. The first-order valence-electron chi connectivity index (χ1n) is 7.61. The maximum absolute atomic E-state index is 12.7. The largest absolute Gasteiger partial charge is 0.336 e. The molecule has 0 radical (unpaired) electrons. The van der Waals surface area contributed by atoms with Crippen molar-refractivity contribution in [3.05, 3.63) is 0 Å². The van der Waals surface area contributed by atoms with Crippen molar-refractivity contribution in [1.29, 1.82) is 0 Å². The van der Waals surface area contributed by atoms with Crippen molar-refractivity contribution in [3.63, 3.8) is 0 Å². The first-order valence-corrected chi connectivity index (χ1v) is 8.77. The molecule has 3 aliphatic rings. The standard InChI is InChI=1S/C14H25N3OS/c1-11-8-16-6-3-2-4-12(16)9-17(11)14(18)13-10-19-7-5-15-13/h11-13,15H,2-10H2,1H3. The lowest BCUT2D eigenvalue weighted by molar-refractivity contribution is -0.139. The SMILES string of the molecule is CC1CN2CCCCC2CN1C(=O)C1CSCCN1. The maximum Gasteiger partial charge on any atom is 0.240 e. The van der Waals surface area contributed by atoms with Gasteiger partial charge in [0.1, 0.15) is 0 Å². The van der Waals surface area contributed by atoms with Gasteiger partial charge in [0.05, 0.1) is 6.04 Å². The molecule has 3 aliphatic heterocycles. The number of rotatable bonds is 1. The van der Waals surface area contributed by atoms with Crippen molar-refractivity contribution in [2.24, 2.45) is 0 Å².